The van der Waals surface area contributed by atoms with Crippen LogP contribution in [0.1, 0.15) is 41.7 Å². The summed E-state index contributed by atoms with van der Waals surface area (Å²) in [5.41, 5.74) is -0.0746. The largest absolute Gasteiger partial charge is 0.394 e. The van der Waals surface area contributed by atoms with Crippen molar-refractivity contribution in [2.24, 2.45) is 5.41 Å². The van der Waals surface area contributed by atoms with E-state index in [-0.39, 0.29) is 29.7 Å². The molecule has 6 nitrogen and oxygen atoms in total. The maximum absolute atomic E-state index is 12.1. The summed E-state index contributed by atoms with van der Waals surface area (Å²) < 4.78 is 0. The van der Waals surface area contributed by atoms with E-state index in [0.29, 0.717) is 16.2 Å². The number of hydrogen-bond donors (Lipinski definition) is 2. The van der Waals surface area contributed by atoms with Crippen molar-refractivity contribution in [3.8, 4) is 0 Å². The summed E-state index contributed by atoms with van der Waals surface area (Å²) in [4.78, 5) is 23.1. The van der Waals surface area contributed by atoms with E-state index >= 15 is 0 Å². The lowest BCUT2D eigenvalue weighted by Gasteiger charge is -2.25. The van der Waals surface area contributed by atoms with Crippen molar-refractivity contribution >= 4 is 22.9 Å². The summed E-state index contributed by atoms with van der Waals surface area (Å²) in [6.07, 6.45) is 0.627. The van der Waals surface area contributed by atoms with Gasteiger partial charge in [-0.05, 0) is 18.8 Å². The number of amides is 1. The Bertz CT molecular complexity index is 505. The molecule has 0 bridgehead atoms. The Labute approximate surface area is 122 Å². The molecule has 1 aromatic rings. The highest BCUT2D eigenvalue weighted by Gasteiger charge is 2.23. The third-order valence-corrected chi connectivity index (χ3v) is 3.76. The number of nitrogens with zero attached hydrogens (tertiary/aromatic N) is 1. The monoisotopic (exact) mass is 300 g/mol. The highest BCUT2D eigenvalue weighted by molar-refractivity contribution is 7.14. The number of nitro groups is 1. The maximum atomic E-state index is 12.1. The Morgan fingerprint density at radius 3 is 2.55 bits per heavy atom. The lowest BCUT2D eigenvalue weighted by molar-refractivity contribution is -0.385. The van der Waals surface area contributed by atoms with Gasteiger partial charge in [-0.15, -0.1) is 11.3 Å². The predicted molar refractivity (Wildman–Crippen MR) is 78.1 cm³/mol. The van der Waals surface area contributed by atoms with Crippen LogP contribution in [0.4, 0.5) is 5.69 Å². The van der Waals surface area contributed by atoms with Gasteiger partial charge >= 0.3 is 0 Å². The molecule has 112 valence electrons. The normalized spacial score (nSPS) is 13.1. The van der Waals surface area contributed by atoms with Crippen molar-refractivity contribution < 1.29 is 14.8 Å². The van der Waals surface area contributed by atoms with Gasteiger partial charge in [0.2, 0.25) is 0 Å². The molecule has 0 radical (unpaired) electrons. The van der Waals surface area contributed by atoms with Gasteiger partial charge in [-0.3, -0.25) is 14.9 Å². The van der Waals surface area contributed by atoms with Crippen LogP contribution in [0.15, 0.2) is 6.07 Å². The van der Waals surface area contributed by atoms with Crippen LogP contribution in [0.5, 0.6) is 0 Å². The molecule has 1 heterocycles. The van der Waals surface area contributed by atoms with Gasteiger partial charge in [-0.1, -0.05) is 20.8 Å². The number of aliphatic hydroxyl groups is 1. The Morgan fingerprint density at radius 1 is 1.55 bits per heavy atom. The summed E-state index contributed by atoms with van der Waals surface area (Å²) in [7, 11) is 0. The third kappa shape index (κ3) is 4.57. The minimum Gasteiger partial charge on any atom is -0.394 e. The van der Waals surface area contributed by atoms with E-state index in [2.05, 4.69) is 5.32 Å². The second-order valence-corrected chi connectivity index (χ2v) is 7.18. The molecular formula is C13H20N2O4S. The number of aryl methyl sites for hydroxylation is 1. The average Bonchev–Trinajstić information content (AvgIpc) is 2.68. The van der Waals surface area contributed by atoms with E-state index in [1.807, 2.05) is 20.8 Å². The first kappa shape index (κ1) is 16.6. The molecule has 0 aliphatic rings. The zero-order valence-corrected chi connectivity index (χ0v) is 12.9. The smallest absolute Gasteiger partial charge is 0.283 e. The van der Waals surface area contributed by atoms with Crippen molar-refractivity contribution in [2.75, 3.05) is 6.61 Å². The predicted octanol–water partition coefficient (Wildman–Crippen LogP) is 2.49. The van der Waals surface area contributed by atoms with Gasteiger partial charge in [-0.25, -0.2) is 0 Å². The number of hydrogen-bond acceptors (Lipinski definition) is 5. The highest BCUT2D eigenvalue weighted by Crippen LogP contribution is 2.28. The van der Waals surface area contributed by atoms with Crippen molar-refractivity contribution in [1.29, 1.82) is 0 Å². The van der Waals surface area contributed by atoms with Crippen LogP contribution in [0.25, 0.3) is 0 Å². The average molecular weight is 300 g/mol. The SMILES string of the molecule is Cc1sc(C(=O)NC(CO)CC(C)(C)C)cc1[N+](=O)[O-]. The molecule has 0 aliphatic carbocycles. The van der Waals surface area contributed by atoms with Crippen LogP contribution in [0.2, 0.25) is 0 Å². The number of thiophene rings is 1. The van der Waals surface area contributed by atoms with E-state index in [1.165, 1.54) is 6.07 Å². The number of carbonyl (C=O) groups excluding carboxylic acids is 1. The minimum absolute atomic E-state index is 0.0297. The Morgan fingerprint density at radius 2 is 2.15 bits per heavy atom. The standard InChI is InChI=1S/C13H20N2O4S/c1-8-10(15(18)19)5-11(20-8)12(17)14-9(7-16)6-13(2,3)4/h5,9,16H,6-7H2,1-4H3,(H,14,17). The maximum Gasteiger partial charge on any atom is 0.283 e. The molecule has 1 unspecified atom stereocenters. The van der Waals surface area contributed by atoms with E-state index in [4.69, 9.17) is 0 Å². The third-order valence-electron chi connectivity index (χ3n) is 2.73. The zero-order chi connectivity index (χ0) is 15.5. The fourth-order valence-electron chi connectivity index (χ4n) is 1.92. The molecule has 1 atom stereocenters. The van der Waals surface area contributed by atoms with Gasteiger partial charge in [0.1, 0.15) is 0 Å². The Kier molecular flexibility index (Phi) is 5.24. The van der Waals surface area contributed by atoms with Crippen molar-refractivity contribution in [2.45, 2.75) is 40.2 Å². The van der Waals surface area contributed by atoms with Crippen LogP contribution in [-0.2, 0) is 0 Å². The summed E-state index contributed by atoms with van der Waals surface area (Å²) in [6.45, 7) is 7.50. The van der Waals surface area contributed by atoms with Gasteiger partial charge in [-0.2, -0.15) is 0 Å². The Balaban J connectivity index is 2.80. The molecule has 7 heteroatoms. The Hall–Kier alpha value is -1.47. The molecule has 0 saturated heterocycles. The molecule has 0 aliphatic heterocycles. The topological polar surface area (TPSA) is 92.5 Å². The molecule has 0 saturated carbocycles. The van der Waals surface area contributed by atoms with Crippen molar-refractivity contribution in [3.63, 3.8) is 0 Å². The second kappa shape index (κ2) is 6.32. The van der Waals surface area contributed by atoms with Crippen LogP contribution < -0.4 is 5.32 Å². The molecule has 1 amide bonds. The number of rotatable bonds is 5. The van der Waals surface area contributed by atoms with Crippen LogP contribution in [0, 0.1) is 22.5 Å². The van der Waals surface area contributed by atoms with Crippen LogP contribution in [-0.4, -0.2) is 28.6 Å². The summed E-state index contributed by atoms with van der Waals surface area (Å²) in [5, 5.41) is 22.8. The quantitative estimate of drug-likeness (QED) is 0.645. The van der Waals surface area contributed by atoms with E-state index < -0.39 is 4.92 Å². The summed E-state index contributed by atoms with van der Waals surface area (Å²) in [5.74, 6) is -0.380. The highest BCUT2D eigenvalue weighted by atomic mass is 32.1. The molecule has 0 aromatic carbocycles. The van der Waals surface area contributed by atoms with Crippen molar-refractivity contribution in [3.05, 3.63) is 25.9 Å². The number of carbonyl (C=O) groups is 1. The molecule has 0 fully saturated rings. The van der Waals surface area contributed by atoms with E-state index in [0.717, 1.165) is 11.3 Å². The lowest BCUT2D eigenvalue weighted by atomic mass is 9.88. The molecule has 2 N–H and O–H groups in total. The number of aliphatic hydroxyl groups excluding tert-OH is 1. The van der Waals surface area contributed by atoms with Gasteiger partial charge < -0.3 is 10.4 Å². The molecule has 0 spiro atoms. The van der Waals surface area contributed by atoms with Crippen LogP contribution in [0.3, 0.4) is 0 Å². The van der Waals surface area contributed by atoms with Gasteiger partial charge in [0.25, 0.3) is 11.6 Å². The molecule has 20 heavy (non-hydrogen) atoms. The number of nitrogens with one attached hydrogen (secondary N) is 1. The van der Waals surface area contributed by atoms with Crippen LogP contribution >= 0.6 is 11.3 Å². The fraction of sp³-hybridized carbons (Fsp3) is 0.615. The zero-order valence-electron chi connectivity index (χ0n) is 12.1. The first-order chi connectivity index (χ1) is 9.14. The molecule has 1 rings (SSSR count). The summed E-state index contributed by atoms with van der Waals surface area (Å²) in [6, 6.07) is 0.921. The lowest BCUT2D eigenvalue weighted by Crippen LogP contribution is -2.39. The minimum atomic E-state index is -0.499. The van der Waals surface area contributed by atoms with Gasteiger partial charge in [0.05, 0.1) is 27.3 Å². The van der Waals surface area contributed by atoms with E-state index in [9.17, 15) is 20.0 Å². The molecule has 1 aromatic heterocycles. The second-order valence-electron chi connectivity index (χ2n) is 5.93. The van der Waals surface area contributed by atoms with Gasteiger partial charge in [0.15, 0.2) is 0 Å². The first-order valence-electron chi connectivity index (χ1n) is 6.30. The van der Waals surface area contributed by atoms with E-state index in [1.54, 1.807) is 6.92 Å². The first-order valence-corrected chi connectivity index (χ1v) is 7.12. The fourth-order valence-corrected chi connectivity index (χ4v) is 2.81. The van der Waals surface area contributed by atoms with Gasteiger partial charge in [0, 0.05) is 6.07 Å². The summed E-state index contributed by atoms with van der Waals surface area (Å²) >= 11 is 1.09. The molecular weight excluding hydrogens is 280 g/mol. The van der Waals surface area contributed by atoms with Crippen molar-refractivity contribution in [1.82, 2.24) is 5.32 Å².